The molecule has 1 aliphatic rings. The van der Waals surface area contributed by atoms with Gasteiger partial charge in [-0.2, -0.15) is 13.2 Å². The van der Waals surface area contributed by atoms with Crippen LogP contribution in [-0.2, 0) is 6.18 Å². The van der Waals surface area contributed by atoms with E-state index in [-0.39, 0.29) is 11.3 Å². The molecule has 1 heterocycles. The number of aliphatic imine (C=N–C) groups is 1. The van der Waals surface area contributed by atoms with Crippen LogP contribution >= 0.6 is 0 Å². The molecule has 0 unspecified atom stereocenters. The fourth-order valence-electron chi connectivity index (χ4n) is 2.97. The van der Waals surface area contributed by atoms with E-state index in [2.05, 4.69) is 4.99 Å². The Labute approximate surface area is 152 Å². The standard InChI is InChI=1S/C18H16F3N3O3/c19-18(20,21)13-6-7-15(23-8-1-2-9-23)14(10-13)22-11-12-4-3-5-16(17(12)25)24(26)27/h3-7,10-11,25H,1-2,8-9H2. The van der Waals surface area contributed by atoms with Gasteiger partial charge in [0.25, 0.3) is 0 Å². The summed E-state index contributed by atoms with van der Waals surface area (Å²) in [5, 5.41) is 20.9. The van der Waals surface area contributed by atoms with E-state index in [1.807, 2.05) is 4.90 Å². The zero-order valence-corrected chi connectivity index (χ0v) is 14.1. The van der Waals surface area contributed by atoms with Crippen molar-refractivity contribution in [2.24, 2.45) is 4.99 Å². The van der Waals surface area contributed by atoms with E-state index in [1.165, 1.54) is 18.2 Å². The predicted octanol–water partition coefficient (Wildman–Crippen LogP) is 4.67. The highest BCUT2D eigenvalue weighted by Gasteiger charge is 2.31. The van der Waals surface area contributed by atoms with Crippen molar-refractivity contribution in [1.29, 1.82) is 0 Å². The maximum Gasteiger partial charge on any atom is 0.416 e. The minimum atomic E-state index is -4.51. The number of phenolic OH excluding ortho intramolecular Hbond substituents is 1. The molecule has 1 saturated heterocycles. The number of rotatable bonds is 4. The lowest BCUT2D eigenvalue weighted by Gasteiger charge is -2.20. The fraction of sp³-hybridized carbons (Fsp3) is 0.278. The van der Waals surface area contributed by atoms with Crippen LogP contribution in [0.4, 0.5) is 30.2 Å². The molecule has 1 N–H and O–H groups in total. The number of alkyl halides is 3. The summed E-state index contributed by atoms with van der Waals surface area (Å²) in [4.78, 5) is 16.2. The summed E-state index contributed by atoms with van der Waals surface area (Å²) in [5.41, 5.74) is -0.628. The molecular weight excluding hydrogens is 363 g/mol. The van der Waals surface area contributed by atoms with Gasteiger partial charge in [0, 0.05) is 30.9 Å². The summed E-state index contributed by atoms with van der Waals surface area (Å²) >= 11 is 0. The molecule has 0 aromatic heterocycles. The summed E-state index contributed by atoms with van der Waals surface area (Å²) < 4.78 is 39.2. The van der Waals surface area contributed by atoms with Gasteiger partial charge in [-0.1, -0.05) is 6.07 Å². The van der Waals surface area contributed by atoms with Gasteiger partial charge in [0.15, 0.2) is 0 Å². The Bertz CT molecular complexity index is 891. The molecule has 1 aliphatic heterocycles. The topological polar surface area (TPSA) is 79.0 Å². The fourth-order valence-corrected chi connectivity index (χ4v) is 2.97. The van der Waals surface area contributed by atoms with Crippen LogP contribution in [0.3, 0.4) is 0 Å². The first-order valence-electron chi connectivity index (χ1n) is 8.24. The number of halogens is 3. The van der Waals surface area contributed by atoms with Crippen molar-refractivity contribution in [3.63, 3.8) is 0 Å². The number of anilines is 1. The normalized spacial score (nSPS) is 14.9. The van der Waals surface area contributed by atoms with Gasteiger partial charge >= 0.3 is 11.9 Å². The van der Waals surface area contributed by atoms with E-state index in [0.717, 1.165) is 50.3 Å². The minimum absolute atomic E-state index is 0.0500. The number of nitro benzene ring substituents is 1. The van der Waals surface area contributed by atoms with Gasteiger partial charge in [-0.3, -0.25) is 15.1 Å². The molecule has 2 aromatic carbocycles. The van der Waals surface area contributed by atoms with E-state index in [4.69, 9.17) is 0 Å². The summed E-state index contributed by atoms with van der Waals surface area (Å²) in [6.07, 6.45) is -1.50. The number of phenols is 1. The number of benzene rings is 2. The van der Waals surface area contributed by atoms with E-state index < -0.39 is 28.1 Å². The zero-order chi connectivity index (χ0) is 19.6. The Morgan fingerprint density at radius 1 is 1.19 bits per heavy atom. The highest BCUT2D eigenvalue weighted by atomic mass is 19.4. The average Bonchev–Trinajstić information content (AvgIpc) is 3.14. The van der Waals surface area contributed by atoms with Crippen molar-refractivity contribution in [3.05, 3.63) is 57.6 Å². The second-order valence-electron chi connectivity index (χ2n) is 6.13. The van der Waals surface area contributed by atoms with Gasteiger partial charge in [0.1, 0.15) is 0 Å². The van der Waals surface area contributed by atoms with Crippen LogP contribution in [0.2, 0.25) is 0 Å². The van der Waals surface area contributed by atoms with Crippen LogP contribution < -0.4 is 4.90 Å². The Kier molecular flexibility index (Phi) is 5.02. The van der Waals surface area contributed by atoms with Gasteiger partial charge in [-0.15, -0.1) is 0 Å². The third-order valence-electron chi connectivity index (χ3n) is 4.33. The number of para-hydroxylation sites is 1. The first kappa shape index (κ1) is 18.7. The van der Waals surface area contributed by atoms with Crippen molar-refractivity contribution >= 4 is 23.3 Å². The molecule has 0 radical (unpaired) electrons. The molecule has 3 rings (SSSR count). The zero-order valence-electron chi connectivity index (χ0n) is 14.1. The van der Waals surface area contributed by atoms with Crippen LogP contribution in [0.5, 0.6) is 5.75 Å². The number of nitrogens with zero attached hydrogens (tertiary/aromatic N) is 3. The molecule has 6 nitrogen and oxygen atoms in total. The highest BCUT2D eigenvalue weighted by Crippen LogP contribution is 2.38. The summed E-state index contributed by atoms with van der Waals surface area (Å²) in [7, 11) is 0. The highest BCUT2D eigenvalue weighted by molar-refractivity contribution is 5.88. The molecule has 2 aromatic rings. The lowest BCUT2D eigenvalue weighted by molar-refractivity contribution is -0.385. The maximum atomic E-state index is 13.1. The summed E-state index contributed by atoms with van der Waals surface area (Å²) in [6, 6.07) is 7.23. The van der Waals surface area contributed by atoms with E-state index >= 15 is 0 Å². The number of aromatic hydroxyl groups is 1. The molecule has 9 heteroatoms. The van der Waals surface area contributed by atoms with Crippen molar-refractivity contribution in [1.82, 2.24) is 0 Å². The van der Waals surface area contributed by atoms with Crippen LogP contribution in [0, 0.1) is 10.1 Å². The molecule has 0 saturated carbocycles. The van der Waals surface area contributed by atoms with Gasteiger partial charge < -0.3 is 10.0 Å². The monoisotopic (exact) mass is 379 g/mol. The Morgan fingerprint density at radius 3 is 2.52 bits per heavy atom. The Hall–Kier alpha value is -3.10. The van der Waals surface area contributed by atoms with E-state index in [1.54, 1.807) is 0 Å². The van der Waals surface area contributed by atoms with Gasteiger partial charge in [-0.25, -0.2) is 0 Å². The lowest BCUT2D eigenvalue weighted by atomic mass is 10.1. The van der Waals surface area contributed by atoms with Gasteiger partial charge in [0.05, 0.1) is 21.9 Å². The molecule has 0 atom stereocenters. The predicted molar refractivity (Wildman–Crippen MR) is 94.9 cm³/mol. The number of hydrogen-bond acceptors (Lipinski definition) is 5. The molecule has 0 aliphatic carbocycles. The van der Waals surface area contributed by atoms with Crippen molar-refractivity contribution < 1.29 is 23.2 Å². The molecule has 1 fully saturated rings. The molecule has 0 amide bonds. The molecule has 0 spiro atoms. The first-order valence-corrected chi connectivity index (χ1v) is 8.24. The first-order chi connectivity index (χ1) is 12.8. The van der Waals surface area contributed by atoms with E-state index in [0.29, 0.717) is 5.69 Å². The molecule has 0 bridgehead atoms. The molecular formula is C18H16F3N3O3. The lowest BCUT2D eigenvalue weighted by Crippen LogP contribution is -2.18. The van der Waals surface area contributed by atoms with Crippen molar-refractivity contribution in [3.8, 4) is 5.75 Å². The van der Waals surface area contributed by atoms with Gasteiger partial charge in [0.2, 0.25) is 5.75 Å². The SMILES string of the molecule is O=[N+]([O-])c1cccc(C=Nc2cc(C(F)(F)F)ccc2N2CCCC2)c1O. The Morgan fingerprint density at radius 2 is 1.89 bits per heavy atom. The molecule has 27 heavy (non-hydrogen) atoms. The molecule has 142 valence electrons. The van der Waals surface area contributed by atoms with Crippen molar-refractivity contribution in [2.75, 3.05) is 18.0 Å². The van der Waals surface area contributed by atoms with Crippen LogP contribution in [0.1, 0.15) is 24.0 Å². The smallest absolute Gasteiger partial charge is 0.416 e. The van der Waals surface area contributed by atoms with Crippen LogP contribution in [0.15, 0.2) is 41.4 Å². The van der Waals surface area contributed by atoms with E-state index in [9.17, 15) is 28.4 Å². The van der Waals surface area contributed by atoms with Crippen LogP contribution in [-0.4, -0.2) is 29.3 Å². The van der Waals surface area contributed by atoms with Gasteiger partial charge in [-0.05, 0) is 37.1 Å². The summed E-state index contributed by atoms with van der Waals surface area (Å²) in [5.74, 6) is -0.582. The third kappa shape index (κ3) is 4.02. The largest absolute Gasteiger partial charge is 0.502 e. The average molecular weight is 379 g/mol. The second kappa shape index (κ2) is 7.26. The maximum absolute atomic E-state index is 13.1. The number of nitro groups is 1. The third-order valence-corrected chi connectivity index (χ3v) is 4.33. The number of hydrogen-bond donors (Lipinski definition) is 1. The van der Waals surface area contributed by atoms with Crippen molar-refractivity contribution in [2.45, 2.75) is 19.0 Å². The quantitative estimate of drug-likeness (QED) is 0.476. The Balaban J connectivity index is 2.03. The second-order valence-corrected chi connectivity index (χ2v) is 6.13. The summed E-state index contributed by atoms with van der Waals surface area (Å²) in [6.45, 7) is 1.44. The van der Waals surface area contributed by atoms with Crippen LogP contribution in [0.25, 0.3) is 0 Å². The minimum Gasteiger partial charge on any atom is -0.502 e.